The highest BCUT2D eigenvalue weighted by atomic mass is 31.2. The third-order valence-electron chi connectivity index (χ3n) is 10.0. The highest BCUT2D eigenvalue weighted by molar-refractivity contribution is 7.47. The molecule has 0 amide bonds. The summed E-state index contributed by atoms with van der Waals surface area (Å²) in [7, 11) is -4.39. The van der Waals surface area contributed by atoms with Crippen LogP contribution in [0, 0.1) is 0 Å². The molecule has 1 unspecified atom stereocenters. The summed E-state index contributed by atoms with van der Waals surface area (Å²) in [5.74, 6) is -0.881. The lowest BCUT2D eigenvalue weighted by atomic mass is 10.0. The molecular weight excluding hydrogens is 737 g/mol. The molecule has 2 atom stereocenters. The predicted molar refractivity (Wildman–Crippen MR) is 238 cm³/mol. The summed E-state index contributed by atoms with van der Waals surface area (Å²) in [6.07, 6.45) is 49.0. The van der Waals surface area contributed by atoms with Crippen molar-refractivity contribution in [1.29, 1.82) is 0 Å². The van der Waals surface area contributed by atoms with Gasteiger partial charge in [-0.15, -0.1) is 0 Å². The van der Waals surface area contributed by atoms with Crippen molar-refractivity contribution in [2.75, 3.05) is 26.4 Å². The molecule has 0 spiro atoms. The van der Waals surface area contributed by atoms with E-state index in [9.17, 15) is 19.0 Å². The molecule has 0 aromatic heterocycles. The first kappa shape index (κ1) is 55.2. The van der Waals surface area contributed by atoms with Crippen LogP contribution in [-0.2, 0) is 32.7 Å². The van der Waals surface area contributed by atoms with Crippen molar-refractivity contribution in [3.8, 4) is 0 Å². The molecule has 0 saturated heterocycles. The summed E-state index contributed by atoms with van der Waals surface area (Å²) in [5.41, 5.74) is 5.35. The van der Waals surface area contributed by atoms with Gasteiger partial charge < -0.3 is 20.1 Å². The Morgan fingerprint density at radius 1 is 0.526 bits per heavy atom. The second kappa shape index (κ2) is 43.8. The third-order valence-corrected chi connectivity index (χ3v) is 11.0. The molecular formula is C47H88NO8P. The quantitative estimate of drug-likeness (QED) is 0.0266. The predicted octanol–water partition coefficient (Wildman–Crippen LogP) is 13.7. The molecule has 9 nitrogen and oxygen atoms in total. The van der Waals surface area contributed by atoms with Crippen LogP contribution in [0.3, 0.4) is 0 Å². The van der Waals surface area contributed by atoms with Crippen LogP contribution >= 0.6 is 7.82 Å². The molecule has 0 bridgehead atoms. The highest BCUT2D eigenvalue weighted by Crippen LogP contribution is 2.43. The first-order chi connectivity index (χ1) is 27.8. The maximum Gasteiger partial charge on any atom is 0.472 e. The molecule has 3 N–H and O–H groups in total. The van der Waals surface area contributed by atoms with Crippen LogP contribution in [0.4, 0.5) is 0 Å². The molecule has 0 aliphatic heterocycles. The smallest absolute Gasteiger partial charge is 0.462 e. The zero-order valence-corrected chi connectivity index (χ0v) is 37.7. The number of nitrogens with two attached hydrogens (primary N) is 1. The first-order valence-electron chi connectivity index (χ1n) is 23.5. The average Bonchev–Trinajstić information content (AvgIpc) is 3.20. The van der Waals surface area contributed by atoms with Gasteiger partial charge in [-0.1, -0.05) is 198 Å². The van der Waals surface area contributed by atoms with Crippen molar-refractivity contribution in [2.24, 2.45) is 5.73 Å². The Hall–Kier alpha value is -1.77. The fourth-order valence-corrected chi connectivity index (χ4v) is 7.30. The SMILES string of the molecule is CCCCCCCCC=CCC=CCC=CCCCC(=O)O[C@H](COC(=O)CCCCCCCCCCCCCCCCCCCCC)COP(=O)(O)OCCN. The lowest BCUT2D eigenvalue weighted by Gasteiger charge is -2.19. The van der Waals surface area contributed by atoms with E-state index >= 15 is 0 Å². The molecule has 0 rings (SSSR count). The number of hydrogen-bond donors (Lipinski definition) is 2. The Bertz CT molecular complexity index is 1030. The van der Waals surface area contributed by atoms with Crippen LogP contribution in [0.1, 0.15) is 219 Å². The summed E-state index contributed by atoms with van der Waals surface area (Å²) >= 11 is 0. The van der Waals surface area contributed by atoms with Gasteiger partial charge in [-0.2, -0.15) is 0 Å². The molecule has 10 heteroatoms. The molecule has 334 valence electrons. The summed E-state index contributed by atoms with van der Waals surface area (Å²) in [6, 6.07) is 0. The molecule has 0 saturated carbocycles. The van der Waals surface area contributed by atoms with E-state index in [4.69, 9.17) is 24.3 Å². The van der Waals surface area contributed by atoms with E-state index in [-0.39, 0.29) is 32.6 Å². The van der Waals surface area contributed by atoms with Gasteiger partial charge in [0.05, 0.1) is 13.2 Å². The minimum absolute atomic E-state index is 0.0465. The van der Waals surface area contributed by atoms with E-state index in [0.717, 1.165) is 44.9 Å². The Labute approximate surface area is 350 Å². The number of carbonyl (C=O) groups is 2. The zero-order chi connectivity index (χ0) is 41.8. The van der Waals surface area contributed by atoms with Crippen molar-refractivity contribution in [3.05, 3.63) is 36.5 Å². The number of ether oxygens (including phenoxy) is 2. The molecule has 0 radical (unpaired) electrons. The van der Waals surface area contributed by atoms with Gasteiger partial charge in [-0.25, -0.2) is 4.57 Å². The van der Waals surface area contributed by atoms with Gasteiger partial charge >= 0.3 is 19.8 Å². The number of carbonyl (C=O) groups excluding carboxylic acids is 2. The Balaban J connectivity index is 4.15. The van der Waals surface area contributed by atoms with Crippen LogP contribution in [0.5, 0.6) is 0 Å². The van der Waals surface area contributed by atoms with E-state index in [1.165, 1.54) is 141 Å². The van der Waals surface area contributed by atoms with Crippen LogP contribution in [0.25, 0.3) is 0 Å². The number of esters is 2. The monoisotopic (exact) mass is 826 g/mol. The van der Waals surface area contributed by atoms with E-state index in [2.05, 4.69) is 44.2 Å². The number of rotatable bonds is 44. The van der Waals surface area contributed by atoms with Crippen molar-refractivity contribution >= 4 is 19.8 Å². The van der Waals surface area contributed by atoms with Gasteiger partial charge in [0.2, 0.25) is 0 Å². The van der Waals surface area contributed by atoms with Gasteiger partial charge in [0.25, 0.3) is 0 Å². The molecule has 0 aliphatic rings. The Morgan fingerprint density at radius 2 is 0.930 bits per heavy atom. The number of phosphoric ester groups is 1. The summed E-state index contributed by atoms with van der Waals surface area (Å²) in [4.78, 5) is 34.9. The second-order valence-electron chi connectivity index (χ2n) is 15.6. The second-order valence-corrected chi connectivity index (χ2v) is 17.1. The molecule has 57 heavy (non-hydrogen) atoms. The van der Waals surface area contributed by atoms with E-state index in [1.54, 1.807) is 0 Å². The highest BCUT2D eigenvalue weighted by Gasteiger charge is 2.26. The minimum Gasteiger partial charge on any atom is -0.462 e. The lowest BCUT2D eigenvalue weighted by molar-refractivity contribution is -0.161. The first-order valence-corrected chi connectivity index (χ1v) is 25.0. The number of hydrogen-bond acceptors (Lipinski definition) is 8. The molecule has 0 heterocycles. The lowest BCUT2D eigenvalue weighted by Crippen LogP contribution is -2.29. The summed E-state index contributed by atoms with van der Waals surface area (Å²) in [6.45, 7) is 3.70. The van der Waals surface area contributed by atoms with Crippen molar-refractivity contribution in [2.45, 2.75) is 225 Å². The largest absolute Gasteiger partial charge is 0.472 e. The van der Waals surface area contributed by atoms with Crippen LogP contribution in [0.2, 0.25) is 0 Å². The van der Waals surface area contributed by atoms with E-state index < -0.39 is 32.5 Å². The topological polar surface area (TPSA) is 134 Å². The standard InChI is InChI=1S/C47H88NO8P/c1-3-5-7-9-11-13-15-17-19-21-22-24-25-27-29-31-33-35-37-39-46(49)53-43-45(44-55-57(51,52)54-42-41-48)56-47(50)40-38-36-34-32-30-28-26-23-20-18-16-14-12-10-8-6-4-2/h18,20,26,28,32,34,45H,3-17,19,21-25,27,29-31,33,35-44,48H2,1-2H3,(H,51,52)/t45-/m1/s1. The average molecular weight is 826 g/mol. The van der Waals surface area contributed by atoms with Crippen molar-refractivity contribution in [1.82, 2.24) is 0 Å². The fraction of sp³-hybridized carbons (Fsp3) is 0.830. The van der Waals surface area contributed by atoms with Gasteiger partial charge in [0, 0.05) is 19.4 Å². The van der Waals surface area contributed by atoms with Crippen molar-refractivity contribution < 1.29 is 37.6 Å². The van der Waals surface area contributed by atoms with Crippen LogP contribution in [-0.4, -0.2) is 49.3 Å². The van der Waals surface area contributed by atoms with Crippen LogP contribution < -0.4 is 5.73 Å². The van der Waals surface area contributed by atoms with E-state index in [1.807, 2.05) is 6.08 Å². The van der Waals surface area contributed by atoms with Crippen molar-refractivity contribution in [3.63, 3.8) is 0 Å². The van der Waals surface area contributed by atoms with Gasteiger partial charge in [0.1, 0.15) is 6.61 Å². The van der Waals surface area contributed by atoms with E-state index in [0.29, 0.717) is 6.42 Å². The molecule has 0 fully saturated rings. The fourth-order valence-electron chi connectivity index (χ4n) is 6.53. The van der Waals surface area contributed by atoms with Gasteiger partial charge in [-0.05, 0) is 44.9 Å². The minimum atomic E-state index is -4.39. The molecule has 0 aliphatic carbocycles. The van der Waals surface area contributed by atoms with Crippen LogP contribution in [0.15, 0.2) is 36.5 Å². The van der Waals surface area contributed by atoms with Gasteiger partial charge in [0.15, 0.2) is 6.10 Å². The number of allylic oxidation sites excluding steroid dienone is 6. The Kier molecular flexibility index (Phi) is 42.4. The maximum absolute atomic E-state index is 12.6. The summed E-state index contributed by atoms with van der Waals surface area (Å²) in [5, 5.41) is 0. The summed E-state index contributed by atoms with van der Waals surface area (Å²) < 4.78 is 32.8. The van der Waals surface area contributed by atoms with Gasteiger partial charge in [-0.3, -0.25) is 18.6 Å². The Morgan fingerprint density at radius 3 is 1.40 bits per heavy atom. The maximum atomic E-state index is 12.6. The third kappa shape index (κ3) is 43.6. The number of phosphoric acid groups is 1. The molecule has 0 aromatic carbocycles. The number of unbranched alkanes of at least 4 members (excludes halogenated alkanes) is 25. The normalized spacial score (nSPS) is 13.5. The zero-order valence-electron chi connectivity index (χ0n) is 36.8. The molecule has 0 aromatic rings.